The molecule has 35 heavy (non-hydrogen) atoms. The molecule has 1 saturated heterocycles. The largest absolute Gasteiger partial charge is 0.494 e. The van der Waals surface area contributed by atoms with E-state index in [1.54, 1.807) is 32.0 Å². The number of aromatic nitrogens is 2. The van der Waals surface area contributed by atoms with Gasteiger partial charge in [-0.05, 0) is 44.5 Å². The van der Waals surface area contributed by atoms with Gasteiger partial charge in [0, 0.05) is 12.0 Å². The summed E-state index contributed by atoms with van der Waals surface area (Å²) in [6.45, 7) is 3.66. The Balaban J connectivity index is 1.56. The van der Waals surface area contributed by atoms with Crippen LogP contribution >= 0.6 is 11.6 Å². The van der Waals surface area contributed by atoms with Gasteiger partial charge in [-0.2, -0.15) is 18.4 Å². The van der Waals surface area contributed by atoms with Crippen molar-refractivity contribution in [2.24, 2.45) is 5.92 Å². The number of hydrogen-bond donors (Lipinski definition) is 2. The Labute approximate surface area is 202 Å². The predicted molar refractivity (Wildman–Crippen MR) is 117 cm³/mol. The van der Waals surface area contributed by atoms with Gasteiger partial charge >= 0.3 is 6.18 Å². The lowest BCUT2D eigenvalue weighted by molar-refractivity contribution is -0.137. The third-order valence-corrected chi connectivity index (χ3v) is 7.02. The van der Waals surface area contributed by atoms with Crippen LogP contribution in [-0.2, 0) is 22.1 Å². The minimum atomic E-state index is -4.79. The zero-order valence-corrected chi connectivity index (χ0v) is 19.3. The fourth-order valence-corrected chi connectivity index (χ4v) is 5.46. The Kier molecular flexibility index (Phi) is 5.02. The fourth-order valence-electron chi connectivity index (χ4n) is 5.31. The van der Waals surface area contributed by atoms with Crippen molar-refractivity contribution < 1.29 is 32.9 Å². The van der Waals surface area contributed by atoms with Gasteiger partial charge in [-0.3, -0.25) is 4.57 Å². The number of benzene rings is 1. The first-order chi connectivity index (χ1) is 16.4. The van der Waals surface area contributed by atoms with E-state index < -0.39 is 40.3 Å². The number of alkyl halides is 3. The van der Waals surface area contributed by atoms with Crippen LogP contribution in [0.15, 0.2) is 36.4 Å². The number of nitrogens with zero attached hydrogens (tertiary/aromatic N) is 3. The molecule has 1 fully saturated rings. The average Bonchev–Trinajstić information content (AvgIpc) is 3.31. The molecule has 0 radical (unpaired) electrons. The molecular weight excluding hydrogens is 487 g/mol. The summed E-state index contributed by atoms with van der Waals surface area (Å²) in [5, 5.41) is 31.5. The van der Waals surface area contributed by atoms with Crippen molar-refractivity contribution in [3.63, 3.8) is 0 Å². The number of rotatable bonds is 4. The van der Waals surface area contributed by atoms with E-state index in [0.29, 0.717) is 17.9 Å². The molecule has 0 spiro atoms. The lowest BCUT2D eigenvalue weighted by atomic mass is 9.73. The van der Waals surface area contributed by atoms with Crippen LogP contribution in [0.25, 0.3) is 5.69 Å². The van der Waals surface area contributed by atoms with Gasteiger partial charge in [0.25, 0.3) is 0 Å². The number of ether oxygens (including phenoxy) is 2. The maximum Gasteiger partial charge on any atom is 0.417 e. The molecule has 0 aliphatic carbocycles. The van der Waals surface area contributed by atoms with E-state index in [2.05, 4.69) is 4.98 Å². The second-order valence-corrected chi connectivity index (χ2v) is 9.41. The van der Waals surface area contributed by atoms with E-state index in [1.807, 2.05) is 0 Å². The molecule has 182 valence electrons. The van der Waals surface area contributed by atoms with Crippen LogP contribution in [0.2, 0.25) is 5.15 Å². The van der Waals surface area contributed by atoms with Gasteiger partial charge in [0.2, 0.25) is 17.6 Å². The summed E-state index contributed by atoms with van der Waals surface area (Å²) in [4.78, 5) is 4.09. The van der Waals surface area contributed by atoms with Gasteiger partial charge in [0.1, 0.15) is 10.8 Å². The molecular formula is C24H19ClF3N3O4. The topological polar surface area (TPSA) is 101 Å². The van der Waals surface area contributed by atoms with E-state index in [-0.39, 0.29) is 28.9 Å². The fraction of sp³-hybridized carbons (Fsp3) is 0.333. The molecule has 5 rings (SSSR count). The molecule has 2 aliphatic heterocycles. The predicted octanol–water partition coefficient (Wildman–Crippen LogP) is 5.39. The molecule has 0 unspecified atom stereocenters. The molecule has 7 nitrogen and oxygen atoms in total. The number of nitriles is 1. The maximum absolute atomic E-state index is 13.5. The summed E-state index contributed by atoms with van der Waals surface area (Å²) in [6, 6.07) is 9.45. The number of fused-ring (bicyclic) bond motifs is 5. The highest BCUT2D eigenvalue weighted by Crippen LogP contribution is 2.66. The third kappa shape index (κ3) is 3.41. The summed E-state index contributed by atoms with van der Waals surface area (Å²) in [5.74, 6) is -0.811. The zero-order chi connectivity index (χ0) is 25.3. The smallest absolute Gasteiger partial charge is 0.417 e. The van der Waals surface area contributed by atoms with Crippen LogP contribution in [0.3, 0.4) is 0 Å². The van der Waals surface area contributed by atoms with Crippen molar-refractivity contribution in [1.82, 2.24) is 9.55 Å². The zero-order valence-electron chi connectivity index (χ0n) is 18.5. The number of pyridine rings is 1. The number of aromatic hydroxyl groups is 2. The second kappa shape index (κ2) is 7.54. The molecule has 3 aromatic rings. The lowest BCUT2D eigenvalue weighted by Crippen LogP contribution is -2.32. The van der Waals surface area contributed by atoms with Crippen LogP contribution < -0.4 is 4.74 Å². The van der Waals surface area contributed by atoms with Crippen LogP contribution in [0.4, 0.5) is 13.2 Å². The normalized spacial score (nSPS) is 24.9. The van der Waals surface area contributed by atoms with Gasteiger partial charge in [0.05, 0.1) is 46.2 Å². The Morgan fingerprint density at radius 3 is 2.60 bits per heavy atom. The Hall–Kier alpha value is -3.42. The van der Waals surface area contributed by atoms with E-state index in [1.165, 1.54) is 12.1 Å². The van der Waals surface area contributed by atoms with Crippen molar-refractivity contribution in [3.05, 3.63) is 63.8 Å². The molecule has 2 N–H and O–H groups in total. The molecule has 3 atom stereocenters. The van der Waals surface area contributed by atoms with E-state index in [9.17, 15) is 23.4 Å². The Morgan fingerprint density at radius 1 is 1.23 bits per heavy atom. The Bertz CT molecular complexity index is 1400. The van der Waals surface area contributed by atoms with Crippen molar-refractivity contribution in [2.75, 3.05) is 6.61 Å². The van der Waals surface area contributed by atoms with Crippen LogP contribution in [0.5, 0.6) is 17.6 Å². The van der Waals surface area contributed by atoms with E-state index >= 15 is 0 Å². The molecule has 2 bridgehead atoms. The number of hydrogen-bond acceptors (Lipinski definition) is 6. The Morgan fingerprint density at radius 2 is 1.94 bits per heavy atom. The van der Waals surface area contributed by atoms with Gasteiger partial charge < -0.3 is 19.7 Å². The summed E-state index contributed by atoms with van der Waals surface area (Å²) in [5.41, 5.74) is -3.36. The molecule has 0 amide bonds. The quantitative estimate of drug-likeness (QED) is 0.461. The standard InChI is InChI=1S/C24H19ClF3N3O4/c1-22-9-13(11-34-17-5-3-4-16(25)30-17)23(2,35-22)19-18(22)20(32)31(21(19)33)14-7-6-12(10-29)15(8-14)24(26,27)28/h3-8,13,32-33H,9,11H2,1-2H3/t13-,22+,23-/m0/s1. The van der Waals surface area contributed by atoms with E-state index in [0.717, 1.165) is 16.7 Å². The molecule has 11 heteroatoms. The highest BCUT2D eigenvalue weighted by Gasteiger charge is 2.64. The van der Waals surface area contributed by atoms with Crippen molar-refractivity contribution in [2.45, 2.75) is 37.6 Å². The minimum absolute atomic E-state index is 0.136. The van der Waals surface area contributed by atoms with Crippen LogP contribution in [-0.4, -0.2) is 26.4 Å². The van der Waals surface area contributed by atoms with Crippen molar-refractivity contribution in [3.8, 4) is 29.4 Å². The molecule has 1 aromatic carbocycles. The number of halogens is 4. The molecule has 4 heterocycles. The molecule has 0 saturated carbocycles. The summed E-state index contributed by atoms with van der Waals surface area (Å²) < 4.78 is 53.6. The summed E-state index contributed by atoms with van der Waals surface area (Å²) in [6.07, 6.45) is -4.37. The first-order valence-corrected chi connectivity index (χ1v) is 11.0. The average molecular weight is 506 g/mol. The first kappa shape index (κ1) is 23.3. The van der Waals surface area contributed by atoms with Crippen LogP contribution in [0, 0.1) is 17.2 Å². The molecule has 2 aliphatic rings. The first-order valence-electron chi connectivity index (χ1n) is 10.6. The van der Waals surface area contributed by atoms with E-state index in [4.69, 9.17) is 26.3 Å². The van der Waals surface area contributed by atoms with Gasteiger partial charge in [0.15, 0.2) is 0 Å². The lowest BCUT2D eigenvalue weighted by Gasteiger charge is -2.29. The SMILES string of the molecule is C[C@]12C[C@@H](COc3cccc(Cl)n3)[C@](C)(O1)c1c2c(O)n(-c2ccc(C#N)c(C(F)(F)F)c2)c1O. The minimum Gasteiger partial charge on any atom is -0.494 e. The van der Waals surface area contributed by atoms with Crippen molar-refractivity contribution in [1.29, 1.82) is 5.26 Å². The van der Waals surface area contributed by atoms with Gasteiger partial charge in [-0.25, -0.2) is 4.98 Å². The van der Waals surface area contributed by atoms with Crippen molar-refractivity contribution >= 4 is 11.6 Å². The monoisotopic (exact) mass is 505 g/mol. The maximum atomic E-state index is 13.5. The van der Waals surface area contributed by atoms with Gasteiger partial charge in [-0.1, -0.05) is 17.7 Å². The summed E-state index contributed by atoms with van der Waals surface area (Å²) >= 11 is 5.91. The third-order valence-electron chi connectivity index (χ3n) is 6.81. The highest BCUT2D eigenvalue weighted by molar-refractivity contribution is 6.29. The van der Waals surface area contributed by atoms with Gasteiger partial charge in [-0.15, -0.1) is 0 Å². The second-order valence-electron chi connectivity index (χ2n) is 9.02. The highest BCUT2D eigenvalue weighted by atomic mass is 35.5. The summed E-state index contributed by atoms with van der Waals surface area (Å²) in [7, 11) is 0. The van der Waals surface area contributed by atoms with Crippen LogP contribution in [0.1, 0.15) is 42.5 Å². The molecule has 2 aromatic heterocycles.